The summed E-state index contributed by atoms with van der Waals surface area (Å²) in [6.07, 6.45) is 4.23. The van der Waals surface area contributed by atoms with Crippen LogP contribution in [0.2, 0.25) is 0 Å². The zero-order chi connectivity index (χ0) is 20.1. The lowest BCUT2D eigenvalue weighted by atomic mass is 10.1. The molecule has 0 spiro atoms. The number of carbonyl (C=O) groups is 1. The second kappa shape index (κ2) is 9.37. The van der Waals surface area contributed by atoms with Crippen LogP contribution in [0.3, 0.4) is 0 Å². The zero-order valence-electron chi connectivity index (χ0n) is 16.8. The van der Waals surface area contributed by atoms with Gasteiger partial charge in [0.25, 0.3) is 5.56 Å². The Labute approximate surface area is 170 Å². The van der Waals surface area contributed by atoms with Gasteiger partial charge in [-0.3, -0.25) is 19.4 Å². The molecule has 6 nitrogen and oxygen atoms in total. The van der Waals surface area contributed by atoms with E-state index < -0.39 is 0 Å². The summed E-state index contributed by atoms with van der Waals surface area (Å²) < 4.78 is 7.58. The largest absolute Gasteiger partial charge is 0.494 e. The normalized spacial score (nSPS) is 17.5. The molecule has 0 bridgehead atoms. The van der Waals surface area contributed by atoms with Crippen LogP contribution in [0, 0.1) is 0 Å². The van der Waals surface area contributed by atoms with Gasteiger partial charge in [0, 0.05) is 6.04 Å². The number of benzene rings is 1. The van der Waals surface area contributed by atoms with Gasteiger partial charge in [0.15, 0.2) is 0 Å². The molecule has 1 amide bonds. The third-order valence-corrected chi connectivity index (χ3v) is 6.36. The molecule has 3 rings (SSSR count). The van der Waals surface area contributed by atoms with E-state index in [1.165, 1.54) is 18.2 Å². The van der Waals surface area contributed by atoms with Gasteiger partial charge in [0.2, 0.25) is 5.91 Å². The molecule has 152 valence electrons. The Bertz CT molecular complexity index is 857. The van der Waals surface area contributed by atoms with Crippen LogP contribution < -0.4 is 15.6 Å². The van der Waals surface area contributed by atoms with Gasteiger partial charge in [-0.1, -0.05) is 38.8 Å². The molecule has 0 aliphatic carbocycles. The Morgan fingerprint density at radius 2 is 1.96 bits per heavy atom. The molecule has 0 radical (unpaired) electrons. The highest BCUT2D eigenvalue weighted by Crippen LogP contribution is 2.40. The average molecular weight is 404 g/mol. The van der Waals surface area contributed by atoms with Crippen molar-refractivity contribution in [1.29, 1.82) is 0 Å². The predicted octanol–water partition coefficient (Wildman–Crippen LogP) is 4.49. The molecule has 1 aromatic carbocycles. The minimum absolute atomic E-state index is 0.0827. The molecule has 0 saturated carbocycles. The Morgan fingerprint density at radius 3 is 2.64 bits per heavy atom. The first-order chi connectivity index (χ1) is 13.5. The fourth-order valence-electron chi connectivity index (χ4n) is 3.30. The van der Waals surface area contributed by atoms with Crippen LogP contribution in [0.1, 0.15) is 68.9 Å². The smallest absolute Gasteiger partial charge is 0.270 e. The number of hydrogen-bond acceptors (Lipinski definition) is 4. The maximum absolute atomic E-state index is 12.8. The van der Waals surface area contributed by atoms with Crippen LogP contribution in [0.25, 0.3) is 0 Å². The van der Waals surface area contributed by atoms with E-state index in [2.05, 4.69) is 24.3 Å². The SMILES string of the molecule is CCCCCOc1ccc([C@H]2SCC(=O)Nc3c2c(=O)[nH]n3[C@@H](C)CC)cc1. The first-order valence-corrected chi connectivity index (χ1v) is 11.1. The molecule has 7 heteroatoms. The van der Waals surface area contributed by atoms with Gasteiger partial charge in [-0.2, -0.15) is 0 Å². The lowest BCUT2D eigenvalue weighted by Gasteiger charge is -2.16. The number of H-pyrrole nitrogens is 1. The third kappa shape index (κ3) is 4.46. The number of nitrogens with zero attached hydrogens (tertiary/aromatic N) is 1. The van der Waals surface area contributed by atoms with Gasteiger partial charge in [-0.15, -0.1) is 11.8 Å². The quantitative estimate of drug-likeness (QED) is 0.637. The summed E-state index contributed by atoms with van der Waals surface area (Å²) in [5, 5.41) is 5.64. The predicted molar refractivity (Wildman–Crippen MR) is 114 cm³/mol. The van der Waals surface area contributed by atoms with Crippen LogP contribution in [0.5, 0.6) is 5.75 Å². The summed E-state index contributed by atoms with van der Waals surface area (Å²) in [5.74, 6) is 1.66. The summed E-state index contributed by atoms with van der Waals surface area (Å²) in [6, 6.07) is 7.97. The Balaban J connectivity index is 1.88. The van der Waals surface area contributed by atoms with Crippen molar-refractivity contribution in [2.24, 2.45) is 0 Å². The van der Waals surface area contributed by atoms with E-state index in [1.54, 1.807) is 4.68 Å². The summed E-state index contributed by atoms with van der Waals surface area (Å²) in [7, 11) is 0. The van der Waals surface area contributed by atoms with E-state index in [4.69, 9.17) is 4.74 Å². The number of unbranched alkanes of at least 4 members (excludes halogenated alkanes) is 2. The molecule has 2 aromatic rings. The average Bonchev–Trinajstić information content (AvgIpc) is 2.91. The standard InChI is InChI=1S/C21H29N3O3S/c1-4-6-7-12-27-16-10-8-15(9-11-16)19-18-20(22-17(25)13-28-19)24(14(3)5-2)23-21(18)26/h8-11,14,19H,4-7,12-13H2,1-3H3,(H,22,25)(H,23,26)/t14-,19+/m0/s1. The Hall–Kier alpha value is -2.15. The highest BCUT2D eigenvalue weighted by molar-refractivity contribution is 8.00. The van der Waals surface area contributed by atoms with Gasteiger partial charge in [-0.25, -0.2) is 0 Å². The Kier molecular flexibility index (Phi) is 6.88. The molecule has 1 aliphatic rings. The number of nitrogens with one attached hydrogen (secondary N) is 2. The zero-order valence-corrected chi connectivity index (χ0v) is 17.6. The molecule has 2 N–H and O–H groups in total. The number of aromatic nitrogens is 2. The molecule has 0 saturated heterocycles. The second-order valence-electron chi connectivity index (χ2n) is 7.19. The van der Waals surface area contributed by atoms with Crippen LogP contribution in [0.4, 0.5) is 5.82 Å². The molecular weight excluding hydrogens is 374 g/mol. The van der Waals surface area contributed by atoms with E-state index in [-0.39, 0.29) is 22.8 Å². The molecule has 1 aliphatic heterocycles. The van der Waals surface area contributed by atoms with Crippen LogP contribution >= 0.6 is 11.8 Å². The minimum atomic E-state index is -0.197. The number of ether oxygens (including phenoxy) is 1. The van der Waals surface area contributed by atoms with E-state index >= 15 is 0 Å². The summed E-state index contributed by atoms with van der Waals surface area (Å²) in [4.78, 5) is 25.0. The second-order valence-corrected chi connectivity index (χ2v) is 8.29. The number of anilines is 1. The minimum Gasteiger partial charge on any atom is -0.494 e. The molecular formula is C21H29N3O3S. The van der Waals surface area contributed by atoms with Gasteiger partial charge in [-0.05, 0) is 37.5 Å². The highest BCUT2D eigenvalue weighted by Gasteiger charge is 2.31. The van der Waals surface area contributed by atoms with E-state index in [1.807, 2.05) is 31.2 Å². The molecule has 28 heavy (non-hydrogen) atoms. The van der Waals surface area contributed by atoms with E-state index in [0.29, 0.717) is 23.7 Å². The van der Waals surface area contributed by atoms with Gasteiger partial charge >= 0.3 is 0 Å². The lowest BCUT2D eigenvalue weighted by Crippen LogP contribution is -2.18. The van der Waals surface area contributed by atoms with Crippen molar-refractivity contribution in [3.05, 3.63) is 45.7 Å². The van der Waals surface area contributed by atoms with Crippen LogP contribution in [0.15, 0.2) is 29.1 Å². The topological polar surface area (TPSA) is 76.1 Å². The molecule has 2 heterocycles. The van der Waals surface area contributed by atoms with Crippen molar-refractivity contribution < 1.29 is 9.53 Å². The fraction of sp³-hybridized carbons (Fsp3) is 0.524. The maximum Gasteiger partial charge on any atom is 0.270 e. The molecule has 0 unspecified atom stereocenters. The van der Waals surface area contributed by atoms with Crippen molar-refractivity contribution in [3.63, 3.8) is 0 Å². The first kappa shape index (κ1) is 20.6. The number of thioether (sulfide) groups is 1. The van der Waals surface area contributed by atoms with Gasteiger partial charge < -0.3 is 10.1 Å². The Morgan fingerprint density at radius 1 is 1.21 bits per heavy atom. The molecule has 2 atom stereocenters. The summed E-state index contributed by atoms with van der Waals surface area (Å²) in [5.41, 5.74) is 1.47. The van der Waals surface area contributed by atoms with Crippen molar-refractivity contribution >= 4 is 23.5 Å². The van der Waals surface area contributed by atoms with Crippen molar-refractivity contribution in [2.45, 2.75) is 57.7 Å². The summed E-state index contributed by atoms with van der Waals surface area (Å²) in [6.45, 7) is 6.97. The van der Waals surface area contributed by atoms with E-state index in [0.717, 1.165) is 30.6 Å². The van der Waals surface area contributed by atoms with Crippen LogP contribution in [-0.4, -0.2) is 28.0 Å². The third-order valence-electron chi connectivity index (χ3n) is 5.09. The number of fused-ring (bicyclic) bond motifs is 1. The lowest BCUT2D eigenvalue weighted by molar-refractivity contribution is -0.113. The number of rotatable bonds is 8. The highest BCUT2D eigenvalue weighted by atomic mass is 32.2. The van der Waals surface area contributed by atoms with E-state index in [9.17, 15) is 9.59 Å². The monoisotopic (exact) mass is 403 g/mol. The van der Waals surface area contributed by atoms with Crippen molar-refractivity contribution in [1.82, 2.24) is 9.78 Å². The number of amides is 1. The maximum atomic E-state index is 12.8. The van der Waals surface area contributed by atoms with Gasteiger partial charge in [0.1, 0.15) is 11.6 Å². The van der Waals surface area contributed by atoms with Gasteiger partial charge in [0.05, 0.1) is 23.2 Å². The molecule has 1 aromatic heterocycles. The van der Waals surface area contributed by atoms with Crippen molar-refractivity contribution in [2.75, 3.05) is 17.7 Å². The fourth-order valence-corrected chi connectivity index (χ4v) is 4.43. The van der Waals surface area contributed by atoms with Crippen molar-refractivity contribution in [3.8, 4) is 5.75 Å². The van der Waals surface area contributed by atoms with Crippen LogP contribution in [-0.2, 0) is 4.79 Å². The first-order valence-electron chi connectivity index (χ1n) is 10.0. The summed E-state index contributed by atoms with van der Waals surface area (Å²) >= 11 is 1.48. The number of aromatic amines is 1. The number of carbonyl (C=O) groups excluding carboxylic acids is 1. The molecule has 0 fully saturated rings. The number of hydrogen-bond donors (Lipinski definition) is 2.